The van der Waals surface area contributed by atoms with Crippen molar-refractivity contribution in [3.8, 4) is 0 Å². The monoisotopic (exact) mass is 286 g/mol. The summed E-state index contributed by atoms with van der Waals surface area (Å²) in [5.74, 6) is 2.46. The molecule has 2 heterocycles. The van der Waals surface area contributed by atoms with E-state index in [1.807, 2.05) is 0 Å². The van der Waals surface area contributed by atoms with Crippen molar-refractivity contribution < 1.29 is 0 Å². The lowest BCUT2D eigenvalue weighted by Gasteiger charge is -2.15. The SMILES string of the molecule is CC(C)CCSc1nc(Cl)nc(N2CCCC2)n1. The Kier molecular flexibility index (Phi) is 5.06. The maximum absolute atomic E-state index is 5.97. The van der Waals surface area contributed by atoms with Gasteiger partial charge >= 0.3 is 0 Å². The van der Waals surface area contributed by atoms with E-state index in [1.165, 1.54) is 12.8 Å². The van der Waals surface area contributed by atoms with Crippen molar-refractivity contribution >= 4 is 29.3 Å². The summed E-state index contributed by atoms with van der Waals surface area (Å²) >= 11 is 7.63. The molecular weight excluding hydrogens is 268 g/mol. The number of hydrogen-bond donors (Lipinski definition) is 0. The summed E-state index contributed by atoms with van der Waals surface area (Å²) in [6, 6.07) is 0. The molecule has 1 aromatic heterocycles. The molecule has 1 aromatic rings. The van der Waals surface area contributed by atoms with Gasteiger partial charge in [0.2, 0.25) is 11.2 Å². The first-order valence-corrected chi connectivity index (χ1v) is 7.81. The second-order valence-corrected chi connectivity index (χ2v) is 6.31. The number of rotatable bonds is 5. The highest BCUT2D eigenvalue weighted by Crippen LogP contribution is 2.22. The highest BCUT2D eigenvalue weighted by atomic mass is 35.5. The molecule has 0 amide bonds. The van der Waals surface area contributed by atoms with Gasteiger partial charge in [0.15, 0.2) is 5.16 Å². The van der Waals surface area contributed by atoms with Crippen molar-refractivity contribution in [1.82, 2.24) is 15.0 Å². The molecular formula is C12H19ClN4S. The van der Waals surface area contributed by atoms with Crippen molar-refractivity contribution in [3.05, 3.63) is 5.28 Å². The van der Waals surface area contributed by atoms with E-state index in [0.717, 1.165) is 36.4 Å². The second kappa shape index (κ2) is 6.57. The van der Waals surface area contributed by atoms with Gasteiger partial charge < -0.3 is 4.90 Å². The van der Waals surface area contributed by atoms with Gasteiger partial charge in [0, 0.05) is 18.8 Å². The number of thioether (sulfide) groups is 1. The van der Waals surface area contributed by atoms with Crippen LogP contribution in [0.5, 0.6) is 0 Å². The molecule has 1 saturated heterocycles. The minimum absolute atomic E-state index is 0.305. The third-order valence-electron chi connectivity index (χ3n) is 2.89. The van der Waals surface area contributed by atoms with Crippen LogP contribution in [0.2, 0.25) is 5.28 Å². The van der Waals surface area contributed by atoms with Crippen LogP contribution in [-0.4, -0.2) is 33.8 Å². The average Bonchev–Trinajstić information content (AvgIpc) is 2.81. The van der Waals surface area contributed by atoms with Gasteiger partial charge in [-0.1, -0.05) is 25.6 Å². The number of halogens is 1. The zero-order valence-corrected chi connectivity index (χ0v) is 12.5. The lowest BCUT2D eigenvalue weighted by molar-refractivity contribution is 0.631. The van der Waals surface area contributed by atoms with Gasteiger partial charge in [-0.3, -0.25) is 0 Å². The van der Waals surface area contributed by atoms with Gasteiger partial charge in [-0.2, -0.15) is 15.0 Å². The third-order valence-corrected chi connectivity index (χ3v) is 3.94. The van der Waals surface area contributed by atoms with E-state index >= 15 is 0 Å². The Morgan fingerprint density at radius 1 is 1.22 bits per heavy atom. The molecule has 0 unspecified atom stereocenters. The summed E-state index contributed by atoms with van der Waals surface area (Å²) in [6.07, 6.45) is 3.57. The van der Waals surface area contributed by atoms with Crippen LogP contribution in [0.3, 0.4) is 0 Å². The van der Waals surface area contributed by atoms with E-state index in [1.54, 1.807) is 11.8 Å². The molecule has 0 radical (unpaired) electrons. The van der Waals surface area contributed by atoms with Crippen LogP contribution in [0.1, 0.15) is 33.1 Å². The third kappa shape index (κ3) is 3.99. The second-order valence-electron chi connectivity index (χ2n) is 4.91. The standard InChI is InChI=1S/C12H19ClN4S/c1-9(2)5-8-18-12-15-10(13)14-11(16-12)17-6-3-4-7-17/h9H,3-8H2,1-2H3. The quantitative estimate of drug-likeness (QED) is 0.777. The van der Waals surface area contributed by atoms with Crippen molar-refractivity contribution in [2.24, 2.45) is 5.92 Å². The van der Waals surface area contributed by atoms with Gasteiger partial charge in [-0.15, -0.1) is 0 Å². The zero-order valence-electron chi connectivity index (χ0n) is 10.9. The molecule has 100 valence electrons. The fourth-order valence-corrected chi connectivity index (χ4v) is 3.11. The first-order valence-electron chi connectivity index (χ1n) is 6.44. The molecule has 0 bridgehead atoms. The molecule has 0 aromatic carbocycles. The van der Waals surface area contributed by atoms with Crippen molar-refractivity contribution in [2.75, 3.05) is 23.7 Å². The van der Waals surface area contributed by atoms with Crippen LogP contribution in [0.4, 0.5) is 5.95 Å². The zero-order chi connectivity index (χ0) is 13.0. The van der Waals surface area contributed by atoms with E-state index in [-0.39, 0.29) is 0 Å². The summed E-state index contributed by atoms with van der Waals surface area (Å²) in [5, 5.41) is 1.05. The van der Waals surface area contributed by atoms with Crippen molar-refractivity contribution in [3.63, 3.8) is 0 Å². The van der Waals surface area contributed by atoms with Crippen LogP contribution >= 0.6 is 23.4 Å². The van der Waals surface area contributed by atoms with Crippen LogP contribution in [0.15, 0.2) is 5.16 Å². The lowest BCUT2D eigenvalue weighted by Crippen LogP contribution is -2.21. The van der Waals surface area contributed by atoms with Gasteiger partial charge in [0.05, 0.1) is 0 Å². The minimum Gasteiger partial charge on any atom is -0.341 e. The summed E-state index contributed by atoms with van der Waals surface area (Å²) in [5.41, 5.74) is 0. The number of anilines is 1. The normalized spacial score (nSPS) is 15.7. The van der Waals surface area contributed by atoms with Crippen LogP contribution in [0.25, 0.3) is 0 Å². The Morgan fingerprint density at radius 2 is 1.94 bits per heavy atom. The van der Waals surface area contributed by atoms with Crippen LogP contribution < -0.4 is 4.90 Å². The predicted octanol–water partition coefficient (Wildman–Crippen LogP) is 3.26. The first-order chi connectivity index (χ1) is 8.65. The Balaban J connectivity index is 2.01. The minimum atomic E-state index is 0.305. The van der Waals surface area contributed by atoms with Gasteiger partial charge in [0.1, 0.15) is 0 Å². The summed E-state index contributed by atoms with van der Waals surface area (Å²) in [7, 11) is 0. The predicted molar refractivity (Wildman–Crippen MR) is 76.5 cm³/mol. The average molecular weight is 287 g/mol. The van der Waals surface area contributed by atoms with Crippen molar-refractivity contribution in [1.29, 1.82) is 0 Å². The van der Waals surface area contributed by atoms with Gasteiger partial charge in [-0.25, -0.2) is 0 Å². The molecule has 18 heavy (non-hydrogen) atoms. The van der Waals surface area contributed by atoms with Gasteiger partial charge in [0.25, 0.3) is 0 Å². The molecule has 6 heteroatoms. The molecule has 0 aliphatic carbocycles. The Labute approximate surface area is 118 Å². The Hall–Kier alpha value is -0.550. The Morgan fingerprint density at radius 3 is 2.61 bits per heavy atom. The van der Waals surface area contributed by atoms with Crippen LogP contribution in [-0.2, 0) is 0 Å². The van der Waals surface area contributed by atoms with E-state index in [2.05, 4.69) is 33.7 Å². The maximum atomic E-state index is 5.97. The molecule has 1 aliphatic heterocycles. The van der Waals surface area contributed by atoms with Gasteiger partial charge in [-0.05, 0) is 36.8 Å². The number of hydrogen-bond acceptors (Lipinski definition) is 5. The molecule has 4 nitrogen and oxygen atoms in total. The fraction of sp³-hybridized carbons (Fsp3) is 0.750. The molecule has 0 atom stereocenters. The van der Waals surface area contributed by atoms with Crippen molar-refractivity contribution in [2.45, 2.75) is 38.3 Å². The maximum Gasteiger partial charge on any atom is 0.230 e. The molecule has 0 N–H and O–H groups in total. The number of aromatic nitrogens is 3. The fourth-order valence-electron chi connectivity index (χ4n) is 1.83. The molecule has 0 saturated carbocycles. The highest BCUT2D eigenvalue weighted by molar-refractivity contribution is 7.99. The molecule has 0 spiro atoms. The largest absolute Gasteiger partial charge is 0.341 e. The first kappa shape index (κ1) is 13.9. The summed E-state index contributed by atoms with van der Waals surface area (Å²) in [6.45, 7) is 6.49. The highest BCUT2D eigenvalue weighted by Gasteiger charge is 2.17. The number of nitrogens with zero attached hydrogens (tertiary/aromatic N) is 4. The topological polar surface area (TPSA) is 41.9 Å². The van der Waals surface area contributed by atoms with E-state index in [9.17, 15) is 0 Å². The van der Waals surface area contributed by atoms with E-state index in [4.69, 9.17) is 11.6 Å². The molecule has 2 rings (SSSR count). The molecule has 1 fully saturated rings. The summed E-state index contributed by atoms with van der Waals surface area (Å²) in [4.78, 5) is 15.1. The Bertz CT molecular complexity index is 394. The lowest BCUT2D eigenvalue weighted by atomic mass is 10.2. The molecule has 1 aliphatic rings. The summed E-state index contributed by atoms with van der Waals surface area (Å²) < 4.78 is 0. The van der Waals surface area contributed by atoms with E-state index in [0.29, 0.717) is 11.2 Å². The van der Waals surface area contributed by atoms with Crippen LogP contribution in [0, 0.1) is 5.92 Å². The smallest absolute Gasteiger partial charge is 0.230 e. The van der Waals surface area contributed by atoms with E-state index < -0.39 is 0 Å².